The molecule has 1 aromatic heterocycles. The third-order valence-corrected chi connectivity index (χ3v) is 6.35. The number of benzene rings is 2. The first-order chi connectivity index (χ1) is 14.7. The van der Waals surface area contributed by atoms with E-state index in [1.54, 1.807) is 6.07 Å². The van der Waals surface area contributed by atoms with Crippen LogP contribution in [0, 0.1) is 6.92 Å². The van der Waals surface area contributed by atoms with Gasteiger partial charge in [0.2, 0.25) is 5.91 Å². The highest BCUT2D eigenvalue weighted by atomic mass is 35.5. The second-order valence-electron chi connectivity index (χ2n) is 8.97. The molecular weight excluding hydrogens is 410 g/mol. The predicted molar refractivity (Wildman–Crippen MR) is 128 cm³/mol. The van der Waals surface area contributed by atoms with Crippen molar-refractivity contribution in [3.8, 4) is 0 Å². The number of carbonyl (C=O) groups excluding carboxylic acids is 1. The van der Waals surface area contributed by atoms with Gasteiger partial charge in [-0.1, -0.05) is 11.6 Å². The lowest BCUT2D eigenvalue weighted by atomic mass is 9.91. The van der Waals surface area contributed by atoms with Crippen LogP contribution in [0.1, 0.15) is 31.7 Å². The molecule has 0 unspecified atom stereocenters. The van der Waals surface area contributed by atoms with E-state index in [2.05, 4.69) is 51.2 Å². The SMILES string of the molecule is Cc1cc(NC(=O)C(C)(C)c2nc3ccc(Cl)cc3[nH]2)ccc1N1CCCN(C)CC1. The number of halogens is 1. The van der Waals surface area contributed by atoms with Crippen LogP contribution in [0.4, 0.5) is 11.4 Å². The van der Waals surface area contributed by atoms with E-state index < -0.39 is 5.41 Å². The van der Waals surface area contributed by atoms with E-state index in [9.17, 15) is 4.79 Å². The summed E-state index contributed by atoms with van der Waals surface area (Å²) in [4.78, 5) is 25.8. The fourth-order valence-corrected chi connectivity index (χ4v) is 4.22. The van der Waals surface area contributed by atoms with Gasteiger partial charge in [-0.25, -0.2) is 4.98 Å². The summed E-state index contributed by atoms with van der Waals surface area (Å²) in [5.74, 6) is 0.505. The smallest absolute Gasteiger partial charge is 0.237 e. The molecule has 1 amide bonds. The number of aryl methyl sites for hydroxylation is 1. The number of hydrogen-bond acceptors (Lipinski definition) is 4. The zero-order chi connectivity index (χ0) is 22.2. The highest BCUT2D eigenvalue weighted by Gasteiger charge is 2.33. The molecule has 4 rings (SSSR count). The molecule has 0 saturated carbocycles. The molecule has 1 fully saturated rings. The van der Waals surface area contributed by atoms with Crippen molar-refractivity contribution in [2.75, 3.05) is 43.4 Å². The molecule has 0 radical (unpaired) electrons. The van der Waals surface area contributed by atoms with Crippen LogP contribution in [0.15, 0.2) is 36.4 Å². The van der Waals surface area contributed by atoms with Crippen LogP contribution in [-0.4, -0.2) is 54.0 Å². The number of anilines is 2. The van der Waals surface area contributed by atoms with Gasteiger partial charge in [0.05, 0.1) is 11.0 Å². The Kier molecular flexibility index (Phi) is 5.95. The number of fused-ring (bicyclic) bond motifs is 1. The molecule has 0 bridgehead atoms. The summed E-state index contributed by atoms with van der Waals surface area (Å²) in [5, 5.41) is 3.71. The lowest BCUT2D eigenvalue weighted by Gasteiger charge is -2.26. The Morgan fingerprint density at radius 1 is 1.13 bits per heavy atom. The zero-order valence-corrected chi connectivity index (χ0v) is 19.4. The third kappa shape index (κ3) is 4.55. The minimum Gasteiger partial charge on any atom is -0.370 e. The van der Waals surface area contributed by atoms with Crippen LogP contribution in [-0.2, 0) is 10.2 Å². The van der Waals surface area contributed by atoms with Gasteiger partial charge in [-0.15, -0.1) is 0 Å². The minimum atomic E-state index is -0.826. The number of rotatable bonds is 4. The molecular formula is C24H30ClN5O. The molecule has 1 saturated heterocycles. The fourth-order valence-electron chi connectivity index (χ4n) is 4.05. The first kappa shape index (κ1) is 21.7. The van der Waals surface area contributed by atoms with E-state index in [0.717, 1.165) is 49.3 Å². The molecule has 0 spiro atoms. The van der Waals surface area contributed by atoms with E-state index in [1.807, 2.05) is 32.0 Å². The number of imidazole rings is 1. The van der Waals surface area contributed by atoms with Gasteiger partial charge in [-0.3, -0.25) is 4.79 Å². The Balaban J connectivity index is 1.51. The van der Waals surface area contributed by atoms with Crippen molar-refractivity contribution in [2.24, 2.45) is 0 Å². The molecule has 0 atom stereocenters. The van der Waals surface area contributed by atoms with Crippen molar-refractivity contribution in [3.63, 3.8) is 0 Å². The van der Waals surface area contributed by atoms with Crippen LogP contribution < -0.4 is 10.2 Å². The Hall–Kier alpha value is -2.57. The monoisotopic (exact) mass is 439 g/mol. The summed E-state index contributed by atoms with van der Waals surface area (Å²) in [6, 6.07) is 11.6. The average Bonchev–Trinajstić information content (AvgIpc) is 3.03. The Bertz CT molecular complexity index is 1110. The first-order valence-electron chi connectivity index (χ1n) is 10.8. The number of H-pyrrole nitrogens is 1. The molecule has 2 N–H and O–H groups in total. The van der Waals surface area contributed by atoms with Gasteiger partial charge >= 0.3 is 0 Å². The second-order valence-corrected chi connectivity index (χ2v) is 9.41. The number of hydrogen-bond donors (Lipinski definition) is 2. The fraction of sp³-hybridized carbons (Fsp3) is 0.417. The summed E-state index contributed by atoms with van der Waals surface area (Å²) < 4.78 is 0. The van der Waals surface area contributed by atoms with E-state index >= 15 is 0 Å². The van der Waals surface area contributed by atoms with Crippen molar-refractivity contribution < 1.29 is 4.79 Å². The lowest BCUT2D eigenvalue weighted by Crippen LogP contribution is -2.35. The van der Waals surface area contributed by atoms with Crippen molar-refractivity contribution >= 4 is 39.9 Å². The lowest BCUT2D eigenvalue weighted by molar-refractivity contribution is -0.120. The van der Waals surface area contributed by atoms with E-state index in [4.69, 9.17) is 11.6 Å². The number of amides is 1. The largest absolute Gasteiger partial charge is 0.370 e. The van der Waals surface area contributed by atoms with E-state index in [-0.39, 0.29) is 5.91 Å². The quantitative estimate of drug-likeness (QED) is 0.624. The van der Waals surface area contributed by atoms with Crippen LogP contribution in [0.3, 0.4) is 0 Å². The van der Waals surface area contributed by atoms with Gasteiger partial charge in [-0.2, -0.15) is 0 Å². The van der Waals surface area contributed by atoms with Crippen molar-refractivity contribution in [1.82, 2.24) is 14.9 Å². The summed E-state index contributed by atoms with van der Waals surface area (Å²) in [6.45, 7) is 10.1. The number of nitrogens with zero attached hydrogens (tertiary/aromatic N) is 3. The van der Waals surface area contributed by atoms with E-state index in [0.29, 0.717) is 10.8 Å². The topological polar surface area (TPSA) is 64.3 Å². The van der Waals surface area contributed by atoms with E-state index in [1.165, 1.54) is 11.3 Å². The molecule has 31 heavy (non-hydrogen) atoms. The second kappa shape index (κ2) is 8.52. The van der Waals surface area contributed by atoms with Gasteiger partial charge < -0.3 is 20.1 Å². The maximum Gasteiger partial charge on any atom is 0.237 e. The molecule has 7 heteroatoms. The van der Waals surface area contributed by atoms with Crippen LogP contribution in [0.5, 0.6) is 0 Å². The van der Waals surface area contributed by atoms with Crippen molar-refractivity contribution in [2.45, 2.75) is 32.6 Å². The molecule has 164 valence electrons. The molecule has 0 aliphatic carbocycles. The highest BCUT2D eigenvalue weighted by molar-refractivity contribution is 6.31. The molecule has 6 nitrogen and oxygen atoms in total. The normalized spacial score (nSPS) is 15.8. The third-order valence-electron chi connectivity index (χ3n) is 6.12. The first-order valence-corrected chi connectivity index (χ1v) is 11.1. The number of nitrogens with one attached hydrogen (secondary N) is 2. The van der Waals surface area contributed by atoms with Crippen LogP contribution >= 0.6 is 11.6 Å². The minimum absolute atomic E-state index is 0.110. The van der Waals surface area contributed by atoms with Crippen molar-refractivity contribution in [3.05, 3.63) is 52.8 Å². The molecule has 3 aromatic rings. The summed E-state index contributed by atoms with van der Waals surface area (Å²) >= 11 is 6.08. The van der Waals surface area contributed by atoms with Gasteiger partial charge in [0.15, 0.2) is 0 Å². The molecule has 2 aromatic carbocycles. The molecule has 1 aliphatic rings. The van der Waals surface area contributed by atoms with Gasteiger partial charge in [0.1, 0.15) is 11.2 Å². The Morgan fingerprint density at radius 2 is 1.94 bits per heavy atom. The van der Waals surface area contributed by atoms with Crippen LogP contribution in [0.25, 0.3) is 11.0 Å². The maximum atomic E-state index is 13.1. The van der Waals surface area contributed by atoms with Gasteiger partial charge in [0, 0.05) is 36.0 Å². The summed E-state index contributed by atoms with van der Waals surface area (Å²) in [5.41, 5.74) is 3.99. The molecule has 2 heterocycles. The standard InChI is InChI=1S/C24H30ClN5O/c1-16-14-18(7-9-21(16)30-11-5-10-29(4)12-13-30)26-23(31)24(2,3)22-27-19-8-6-17(25)15-20(19)28-22/h6-9,14-15H,5,10-13H2,1-4H3,(H,26,31)(H,27,28). The summed E-state index contributed by atoms with van der Waals surface area (Å²) in [7, 11) is 2.17. The Morgan fingerprint density at radius 3 is 2.71 bits per heavy atom. The summed E-state index contributed by atoms with van der Waals surface area (Å²) in [6.07, 6.45) is 1.16. The molecule has 1 aliphatic heterocycles. The van der Waals surface area contributed by atoms with Crippen molar-refractivity contribution in [1.29, 1.82) is 0 Å². The Labute approximate surface area is 188 Å². The zero-order valence-electron chi connectivity index (χ0n) is 18.6. The number of likely N-dealkylation sites (N-methyl/N-ethyl adjacent to an activating group) is 1. The number of carbonyl (C=O) groups is 1. The maximum absolute atomic E-state index is 13.1. The number of aromatic amines is 1. The highest BCUT2D eigenvalue weighted by Crippen LogP contribution is 2.29. The van der Waals surface area contributed by atoms with Crippen LogP contribution in [0.2, 0.25) is 5.02 Å². The number of aromatic nitrogens is 2. The predicted octanol–water partition coefficient (Wildman–Crippen LogP) is 4.58. The van der Waals surface area contributed by atoms with Gasteiger partial charge in [0.25, 0.3) is 0 Å². The average molecular weight is 440 g/mol. The van der Waals surface area contributed by atoms with Gasteiger partial charge in [-0.05, 0) is 82.7 Å².